The van der Waals surface area contributed by atoms with E-state index >= 15 is 0 Å². The Labute approximate surface area is 206 Å². The van der Waals surface area contributed by atoms with Gasteiger partial charge in [0, 0.05) is 12.5 Å². The Balaban J connectivity index is 1.52. The smallest absolute Gasteiger partial charge is 0.157 e. The molecule has 190 valence electrons. The van der Waals surface area contributed by atoms with E-state index in [2.05, 4.69) is 39.0 Å². The molecule has 7 atom stereocenters. The summed E-state index contributed by atoms with van der Waals surface area (Å²) in [5, 5.41) is 12.6. The maximum Gasteiger partial charge on any atom is 0.157 e. The number of ether oxygens (including phenoxy) is 3. The first-order chi connectivity index (χ1) is 16.3. The van der Waals surface area contributed by atoms with Gasteiger partial charge in [-0.1, -0.05) is 46.1 Å². The number of unbranched alkanes of at least 4 members (excludes halogenated alkanes) is 2. The Hall–Kier alpha value is -1.10. The zero-order valence-corrected chi connectivity index (χ0v) is 21.9. The highest BCUT2D eigenvalue weighted by Crippen LogP contribution is 2.70. The van der Waals surface area contributed by atoms with Crippen LogP contribution in [-0.2, 0) is 15.9 Å². The van der Waals surface area contributed by atoms with Gasteiger partial charge in [0.25, 0.3) is 0 Å². The summed E-state index contributed by atoms with van der Waals surface area (Å²) in [7, 11) is 1.75. The number of aryl methyl sites for hydroxylation is 1. The van der Waals surface area contributed by atoms with Gasteiger partial charge in [0.05, 0.1) is 18.8 Å². The van der Waals surface area contributed by atoms with E-state index in [0.717, 1.165) is 63.7 Å². The zero-order valence-electron chi connectivity index (χ0n) is 21.9. The summed E-state index contributed by atoms with van der Waals surface area (Å²) in [5.74, 6) is 1.66. The fourth-order valence-electron chi connectivity index (χ4n) is 8.81. The standard InChI is InChI=1S/C30H46O4/c1-5-6-8-16-30(31)20-29(3)24(13-14-25(29)34-26-10-7-9-18-33-26)28(2)17-15-21-19-22(32-4)11-12-23(21)27(28)30/h11-12,19,24-27,31H,5-10,13-18,20H2,1-4H3/t24-,25-,26?,27-,28-,29-,30+/m0/s1. The third kappa shape index (κ3) is 4.02. The van der Waals surface area contributed by atoms with Gasteiger partial charge in [-0.2, -0.15) is 0 Å². The van der Waals surface area contributed by atoms with Crippen molar-refractivity contribution in [1.82, 2.24) is 0 Å². The Bertz CT molecular complexity index is 863. The SMILES string of the molecule is CCCCC[C@@]1(O)C[C@@]2(C)[C@@H](CC[C@@H]2OC2CCCCO2)[C@]2(C)CCc3cc(OC)ccc3[C@H]12. The Morgan fingerprint density at radius 3 is 2.68 bits per heavy atom. The lowest BCUT2D eigenvalue weighted by molar-refractivity contribution is -0.236. The molecule has 1 heterocycles. The average Bonchev–Trinajstić information content (AvgIpc) is 3.15. The Morgan fingerprint density at radius 1 is 1.09 bits per heavy atom. The molecule has 3 aliphatic carbocycles. The lowest BCUT2D eigenvalue weighted by Gasteiger charge is -2.63. The minimum absolute atomic E-state index is 0.0169. The summed E-state index contributed by atoms with van der Waals surface area (Å²) in [6.07, 6.45) is 13.1. The molecule has 0 aromatic heterocycles. The van der Waals surface area contributed by atoms with E-state index in [0.29, 0.717) is 5.92 Å². The van der Waals surface area contributed by atoms with Crippen LogP contribution in [0, 0.1) is 16.7 Å². The fourth-order valence-corrected chi connectivity index (χ4v) is 8.81. The molecule has 1 aromatic rings. The molecule has 1 aliphatic heterocycles. The zero-order chi connectivity index (χ0) is 24.0. The predicted octanol–water partition coefficient (Wildman–Crippen LogP) is 6.77. The van der Waals surface area contributed by atoms with E-state index in [1.807, 2.05) is 0 Å². The molecule has 1 saturated heterocycles. The van der Waals surface area contributed by atoms with E-state index in [1.54, 1.807) is 7.11 Å². The first kappa shape index (κ1) is 24.6. The van der Waals surface area contributed by atoms with Crippen LogP contribution in [0.25, 0.3) is 0 Å². The molecule has 1 aromatic carbocycles. The van der Waals surface area contributed by atoms with Crippen LogP contribution in [0.4, 0.5) is 0 Å². The number of rotatable bonds is 7. The van der Waals surface area contributed by atoms with Crippen LogP contribution in [0.3, 0.4) is 0 Å². The molecule has 2 saturated carbocycles. The van der Waals surface area contributed by atoms with Crippen LogP contribution >= 0.6 is 0 Å². The van der Waals surface area contributed by atoms with E-state index < -0.39 is 5.60 Å². The number of hydrogen-bond acceptors (Lipinski definition) is 4. The lowest BCUT2D eigenvalue weighted by atomic mass is 9.43. The third-order valence-corrected chi connectivity index (χ3v) is 10.2. The second-order valence-electron chi connectivity index (χ2n) is 12.3. The predicted molar refractivity (Wildman–Crippen MR) is 135 cm³/mol. The van der Waals surface area contributed by atoms with Crippen molar-refractivity contribution < 1.29 is 19.3 Å². The van der Waals surface area contributed by atoms with Gasteiger partial charge in [-0.15, -0.1) is 0 Å². The molecule has 0 bridgehead atoms. The molecule has 5 rings (SSSR count). The van der Waals surface area contributed by atoms with E-state index in [4.69, 9.17) is 14.2 Å². The molecule has 4 aliphatic rings. The molecule has 1 unspecified atom stereocenters. The molecular weight excluding hydrogens is 424 g/mol. The molecule has 4 nitrogen and oxygen atoms in total. The van der Waals surface area contributed by atoms with E-state index in [9.17, 15) is 5.11 Å². The molecule has 0 spiro atoms. The van der Waals surface area contributed by atoms with Crippen LogP contribution in [0.15, 0.2) is 18.2 Å². The highest BCUT2D eigenvalue weighted by molar-refractivity contribution is 5.44. The second-order valence-corrected chi connectivity index (χ2v) is 12.3. The van der Waals surface area contributed by atoms with Crippen LogP contribution in [0.2, 0.25) is 0 Å². The maximum atomic E-state index is 12.6. The minimum Gasteiger partial charge on any atom is -0.497 e. The lowest BCUT2D eigenvalue weighted by Crippen LogP contribution is -2.61. The summed E-state index contributed by atoms with van der Waals surface area (Å²) in [4.78, 5) is 0. The molecule has 3 fully saturated rings. The topological polar surface area (TPSA) is 47.9 Å². The van der Waals surface area contributed by atoms with Gasteiger partial charge in [0.15, 0.2) is 6.29 Å². The molecule has 1 N–H and O–H groups in total. The summed E-state index contributed by atoms with van der Waals surface area (Å²) < 4.78 is 18.3. The molecule has 0 amide bonds. The monoisotopic (exact) mass is 470 g/mol. The number of benzene rings is 1. The fraction of sp³-hybridized carbons (Fsp3) is 0.800. The first-order valence-electron chi connectivity index (χ1n) is 14.0. The average molecular weight is 471 g/mol. The highest BCUT2D eigenvalue weighted by Gasteiger charge is 2.67. The van der Waals surface area contributed by atoms with E-state index in [-0.39, 0.29) is 29.1 Å². The maximum absolute atomic E-state index is 12.6. The quantitative estimate of drug-likeness (QED) is 0.447. The summed E-state index contributed by atoms with van der Waals surface area (Å²) in [6.45, 7) is 8.00. The van der Waals surface area contributed by atoms with E-state index in [1.165, 1.54) is 36.8 Å². The summed E-state index contributed by atoms with van der Waals surface area (Å²) >= 11 is 0. The van der Waals surface area contributed by atoms with Gasteiger partial charge in [0.2, 0.25) is 0 Å². The molecule has 0 radical (unpaired) electrons. The van der Waals surface area contributed by atoms with Crippen molar-refractivity contribution in [2.75, 3.05) is 13.7 Å². The second kappa shape index (κ2) is 9.41. The highest BCUT2D eigenvalue weighted by atomic mass is 16.7. The number of methoxy groups -OCH3 is 1. The molecular formula is C30H46O4. The minimum atomic E-state index is -0.710. The third-order valence-electron chi connectivity index (χ3n) is 10.2. The van der Waals surface area contributed by atoms with Gasteiger partial charge >= 0.3 is 0 Å². The molecule has 4 heteroatoms. The normalized spacial score (nSPS) is 41.4. The van der Waals surface area contributed by atoms with Crippen LogP contribution in [-0.4, -0.2) is 36.8 Å². The van der Waals surface area contributed by atoms with Crippen molar-refractivity contribution in [2.45, 2.75) is 122 Å². The van der Waals surface area contributed by atoms with Gasteiger partial charge in [-0.05, 0) is 97.8 Å². The van der Waals surface area contributed by atoms with Gasteiger partial charge in [0.1, 0.15) is 5.75 Å². The van der Waals surface area contributed by atoms with Crippen molar-refractivity contribution in [1.29, 1.82) is 0 Å². The summed E-state index contributed by atoms with van der Waals surface area (Å²) in [6, 6.07) is 6.59. The van der Waals surface area contributed by atoms with Gasteiger partial charge in [-0.25, -0.2) is 0 Å². The Kier molecular flexibility index (Phi) is 6.80. The van der Waals surface area contributed by atoms with Crippen molar-refractivity contribution in [3.05, 3.63) is 29.3 Å². The number of fused-ring (bicyclic) bond motifs is 5. The largest absolute Gasteiger partial charge is 0.497 e. The first-order valence-corrected chi connectivity index (χ1v) is 14.0. The number of aliphatic hydroxyl groups is 1. The Morgan fingerprint density at radius 2 is 1.94 bits per heavy atom. The van der Waals surface area contributed by atoms with Crippen molar-refractivity contribution in [3.63, 3.8) is 0 Å². The van der Waals surface area contributed by atoms with Gasteiger partial charge < -0.3 is 19.3 Å². The van der Waals surface area contributed by atoms with Crippen molar-refractivity contribution in [2.24, 2.45) is 16.7 Å². The van der Waals surface area contributed by atoms with Crippen molar-refractivity contribution >= 4 is 0 Å². The van der Waals surface area contributed by atoms with Gasteiger partial charge in [-0.3, -0.25) is 0 Å². The van der Waals surface area contributed by atoms with Crippen LogP contribution in [0.1, 0.15) is 108 Å². The summed E-state index contributed by atoms with van der Waals surface area (Å²) in [5.41, 5.74) is 2.09. The van der Waals surface area contributed by atoms with Crippen LogP contribution in [0.5, 0.6) is 5.75 Å². The van der Waals surface area contributed by atoms with Crippen LogP contribution < -0.4 is 4.74 Å². The number of hydrogen-bond donors (Lipinski definition) is 1. The van der Waals surface area contributed by atoms with Crippen molar-refractivity contribution in [3.8, 4) is 5.75 Å². The molecule has 34 heavy (non-hydrogen) atoms.